The van der Waals surface area contributed by atoms with Crippen LogP contribution in [-0.4, -0.2) is 15.1 Å². The summed E-state index contributed by atoms with van der Waals surface area (Å²) in [5.74, 6) is -3.56. The van der Waals surface area contributed by atoms with Gasteiger partial charge in [-0.3, -0.25) is 0 Å². The van der Waals surface area contributed by atoms with Crippen molar-refractivity contribution in [2.45, 2.75) is 6.10 Å². The molecule has 1 aromatic carbocycles. The first kappa shape index (κ1) is 11.5. The van der Waals surface area contributed by atoms with Crippen molar-refractivity contribution in [1.29, 1.82) is 0 Å². The molecule has 0 spiro atoms. The van der Waals surface area contributed by atoms with Crippen molar-refractivity contribution in [3.8, 4) is 0 Å². The molecule has 0 saturated carbocycles. The number of hydrogen-bond acceptors (Lipinski definition) is 3. The van der Waals surface area contributed by atoms with E-state index in [9.17, 15) is 18.3 Å². The highest BCUT2D eigenvalue weighted by Crippen LogP contribution is 2.25. The predicted molar refractivity (Wildman–Crippen MR) is 52.4 cm³/mol. The average molecular weight is 240 g/mol. The van der Waals surface area contributed by atoms with Crippen LogP contribution in [0, 0.1) is 17.5 Å². The van der Waals surface area contributed by atoms with E-state index in [0.717, 1.165) is 0 Å². The van der Waals surface area contributed by atoms with Crippen LogP contribution in [0.15, 0.2) is 30.9 Å². The summed E-state index contributed by atoms with van der Waals surface area (Å²) in [7, 11) is 0. The molecule has 17 heavy (non-hydrogen) atoms. The SMILES string of the molecule is OC(c1cncnc1)c1cc(F)c(F)cc1F. The van der Waals surface area contributed by atoms with E-state index >= 15 is 0 Å². The van der Waals surface area contributed by atoms with Gasteiger partial charge in [0.25, 0.3) is 0 Å². The zero-order valence-corrected chi connectivity index (χ0v) is 8.44. The Morgan fingerprint density at radius 1 is 0.941 bits per heavy atom. The standard InChI is InChI=1S/C11H7F3N2O/c12-8-2-10(14)9(13)1-7(8)11(17)6-3-15-5-16-4-6/h1-5,11,17H. The molecule has 0 radical (unpaired) electrons. The smallest absolute Gasteiger partial charge is 0.161 e. The van der Waals surface area contributed by atoms with E-state index in [1.807, 2.05) is 0 Å². The molecule has 2 aromatic rings. The monoisotopic (exact) mass is 240 g/mol. The molecular weight excluding hydrogens is 233 g/mol. The van der Waals surface area contributed by atoms with Gasteiger partial charge in [0, 0.05) is 29.6 Å². The summed E-state index contributed by atoms with van der Waals surface area (Å²) in [6, 6.07) is 1.00. The van der Waals surface area contributed by atoms with Crippen molar-refractivity contribution >= 4 is 0 Å². The van der Waals surface area contributed by atoms with Crippen LogP contribution in [0.1, 0.15) is 17.2 Å². The van der Waals surface area contributed by atoms with Crippen molar-refractivity contribution in [2.75, 3.05) is 0 Å². The Morgan fingerprint density at radius 3 is 2.18 bits per heavy atom. The largest absolute Gasteiger partial charge is 0.383 e. The molecule has 1 heterocycles. The van der Waals surface area contributed by atoms with Gasteiger partial charge in [0.05, 0.1) is 0 Å². The van der Waals surface area contributed by atoms with Crippen LogP contribution >= 0.6 is 0 Å². The van der Waals surface area contributed by atoms with E-state index in [-0.39, 0.29) is 11.1 Å². The number of aliphatic hydroxyl groups excluding tert-OH is 1. The molecule has 1 aromatic heterocycles. The highest BCUT2D eigenvalue weighted by Gasteiger charge is 2.18. The summed E-state index contributed by atoms with van der Waals surface area (Å²) in [6.45, 7) is 0. The van der Waals surface area contributed by atoms with E-state index in [2.05, 4.69) is 9.97 Å². The van der Waals surface area contributed by atoms with Crippen LogP contribution in [-0.2, 0) is 0 Å². The van der Waals surface area contributed by atoms with Crippen LogP contribution < -0.4 is 0 Å². The van der Waals surface area contributed by atoms with Crippen LogP contribution in [0.4, 0.5) is 13.2 Å². The number of rotatable bonds is 2. The molecule has 88 valence electrons. The third-order valence-electron chi connectivity index (χ3n) is 2.23. The number of hydrogen-bond donors (Lipinski definition) is 1. The maximum atomic E-state index is 13.4. The van der Waals surface area contributed by atoms with Crippen molar-refractivity contribution in [2.24, 2.45) is 0 Å². The van der Waals surface area contributed by atoms with Crippen molar-refractivity contribution in [3.05, 3.63) is 59.4 Å². The Bertz CT molecular complexity index is 534. The minimum absolute atomic E-state index is 0.192. The fourth-order valence-corrected chi connectivity index (χ4v) is 1.38. The second-order valence-electron chi connectivity index (χ2n) is 3.36. The molecule has 1 unspecified atom stereocenters. The van der Waals surface area contributed by atoms with E-state index in [4.69, 9.17) is 0 Å². The molecule has 0 fully saturated rings. The molecule has 0 aliphatic heterocycles. The number of benzene rings is 1. The third kappa shape index (κ3) is 2.26. The van der Waals surface area contributed by atoms with Gasteiger partial charge in [-0.2, -0.15) is 0 Å². The quantitative estimate of drug-likeness (QED) is 0.816. The van der Waals surface area contributed by atoms with Crippen molar-refractivity contribution in [1.82, 2.24) is 9.97 Å². The van der Waals surface area contributed by atoms with Crippen molar-refractivity contribution in [3.63, 3.8) is 0 Å². The average Bonchev–Trinajstić information content (AvgIpc) is 2.34. The maximum Gasteiger partial charge on any atom is 0.161 e. The van der Waals surface area contributed by atoms with Crippen LogP contribution in [0.2, 0.25) is 0 Å². The van der Waals surface area contributed by atoms with Gasteiger partial charge < -0.3 is 5.11 Å². The Morgan fingerprint density at radius 2 is 1.53 bits per heavy atom. The minimum atomic E-state index is -1.44. The van der Waals surface area contributed by atoms with Gasteiger partial charge in [-0.1, -0.05) is 0 Å². The zero-order valence-electron chi connectivity index (χ0n) is 8.44. The summed E-state index contributed by atoms with van der Waals surface area (Å²) in [5.41, 5.74) is -0.170. The molecular formula is C11H7F3N2O. The Balaban J connectivity index is 2.44. The van der Waals surface area contributed by atoms with Gasteiger partial charge in [0.1, 0.15) is 18.2 Å². The Labute approximate surface area is 94.6 Å². The van der Waals surface area contributed by atoms with Gasteiger partial charge in [0.2, 0.25) is 0 Å². The molecule has 0 aliphatic carbocycles. The molecule has 1 atom stereocenters. The summed E-state index contributed by atoms with van der Waals surface area (Å²) in [4.78, 5) is 7.28. The summed E-state index contributed by atoms with van der Waals surface area (Å²) < 4.78 is 39.0. The number of nitrogens with zero attached hydrogens (tertiary/aromatic N) is 2. The molecule has 0 amide bonds. The van der Waals surface area contributed by atoms with Crippen LogP contribution in [0.5, 0.6) is 0 Å². The molecule has 6 heteroatoms. The van der Waals surface area contributed by atoms with Gasteiger partial charge in [0.15, 0.2) is 11.6 Å². The normalized spacial score (nSPS) is 12.5. The van der Waals surface area contributed by atoms with E-state index in [0.29, 0.717) is 12.1 Å². The number of aliphatic hydroxyl groups is 1. The summed E-state index contributed by atoms with van der Waals surface area (Å²) in [5, 5.41) is 9.78. The summed E-state index contributed by atoms with van der Waals surface area (Å²) in [6.07, 6.45) is 2.32. The molecule has 3 nitrogen and oxygen atoms in total. The minimum Gasteiger partial charge on any atom is -0.383 e. The molecule has 2 rings (SSSR count). The topological polar surface area (TPSA) is 46.0 Å². The lowest BCUT2D eigenvalue weighted by Crippen LogP contribution is -2.05. The first-order valence-electron chi connectivity index (χ1n) is 4.67. The Hall–Kier alpha value is -1.95. The molecule has 0 aliphatic rings. The van der Waals surface area contributed by atoms with Gasteiger partial charge in [-0.15, -0.1) is 0 Å². The second-order valence-corrected chi connectivity index (χ2v) is 3.36. The fraction of sp³-hybridized carbons (Fsp3) is 0.0909. The van der Waals surface area contributed by atoms with E-state index < -0.39 is 23.6 Å². The highest BCUT2D eigenvalue weighted by molar-refractivity contribution is 5.29. The van der Waals surface area contributed by atoms with Gasteiger partial charge >= 0.3 is 0 Å². The zero-order chi connectivity index (χ0) is 12.4. The number of halogens is 3. The predicted octanol–water partition coefficient (Wildman–Crippen LogP) is 1.98. The first-order valence-corrected chi connectivity index (χ1v) is 4.67. The second kappa shape index (κ2) is 4.50. The van der Waals surface area contributed by atoms with Gasteiger partial charge in [-0.25, -0.2) is 23.1 Å². The maximum absolute atomic E-state index is 13.4. The lowest BCUT2D eigenvalue weighted by atomic mass is 10.0. The van der Waals surface area contributed by atoms with E-state index in [1.165, 1.54) is 18.7 Å². The van der Waals surface area contributed by atoms with Gasteiger partial charge in [-0.05, 0) is 6.07 Å². The Kier molecular flexibility index (Phi) is 3.06. The molecule has 0 bridgehead atoms. The van der Waals surface area contributed by atoms with E-state index in [1.54, 1.807) is 0 Å². The molecule has 0 saturated heterocycles. The van der Waals surface area contributed by atoms with Crippen molar-refractivity contribution < 1.29 is 18.3 Å². The first-order chi connectivity index (χ1) is 8.09. The highest BCUT2D eigenvalue weighted by atomic mass is 19.2. The lowest BCUT2D eigenvalue weighted by Gasteiger charge is -2.11. The lowest BCUT2D eigenvalue weighted by molar-refractivity contribution is 0.213. The van der Waals surface area contributed by atoms with Crippen LogP contribution in [0.25, 0.3) is 0 Å². The van der Waals surface area contributed by atoms with Crippen LogP contribution in [0.3, 0.4) is 0 Å². The number of aromatic nitrogens is 2. The molecule has 1 N–H and O–H groups in total. The summed E-state index contributed by atoms with van der Waals surface area (Å²) >= 11 is 0. The third-order valence-corrected chi connectivity index (χ3v) is 2.23. The fourth-order valence-electron chi connectivity index (χ4n) is 1.38.